The van der Waals surface area contributed by atoms with Gasteiger partial charge >= 0.3 is 0 Å². The summed E-state index contributed by atoms with van der Waals surface area (Å²) >= 11 is 1.49. The lowest BCUT2D eigenvalue weighted by atomic mass is 10.1. The highest BCUT2D eigenvalue weighted by Crippen LogP contribution is 2.12. The molecular weight excluding hydrogens is 248 g/mol. The minimum Gasteiger partial charge on any atom is -0.340 e. The third-order valence-electron chi connectivity index (χ3n) is 2.42. The van der Waals surface area contributed by atoms with Crippen LogP contribution in [0.5, 0.6) is 0 Å². The number of hydrogen-bond donors (Lipinski definition) is 1. The van der Waals surface area contributed by atoms with Crippen LogP contribution in [-0.2, 0) is 14.8 Å². The van der Waals surface area contributed by atoms with Crippen LogP contribution in [0.15, 0.2) is 0 Å². The van der Waals surface area contributed by atoms with Crippen LogP contribution in [0, 0.1) is 0 Å². The number of amides is 1. The molecule has 0 unspecified atom stereocenters. The van der Waals surface area contributed by atoms with Crippen molar-refractivity contribution in [2.24, 2.45) is 0 Å². The van der Waals surface area contributed by atoms with E-state index in [2.05, 4.69) is 4.72 Å². The first-order chi connectivity index (χ1) is 7.42. The first kappa shape index (κ1) is 13.8. The molecule has 1 N–H and O–H groups in total. The van der Waals surface area contributed by atoms with Crippen molar-refractivity contribution < 1.29 is 13.2 Å². The second kappa shape index (κ2) is 5.88. The molecule has 0 aromatic heterocycles. The number of nitrogens with one attached hydrogen (secondary N) is 1. The van der Waals surface area contributed by atoms with E-state index in [0.717, 1.165) is 25.6 Å². The molecule has 1 fully saturated rings. The molecule has 0 aromatic rings. The first-order valence-electron chi connectivity index (χ1n) is 5.16. The van der Waals surface area contributed by atoms with E-state index in [9.17, 15) is 13.2 Å². The average Bonchev–Trinajstić information content (AvgIpc) is 2.16. The van der Waals surface area contributed by atoms with Gasteiger partial charge in [-0.15, -0.1) is 0 Å². The van der Waals surface area contributed by atoms with Crippen LogP contribution in [0.3, 0.4) is 0 Å². The van der Waals surface area contributed by atoms with Crippen molar-refractivity contribution in [1.29, 1.82) is 0 Å². The summed E-state index contributed by atoms with van der Waals surface area (Å²) < 4.78 is 24.7. The Labute approximate surface area is 101 Å². The van der Waals surface area contributed by atoms with Crippen LogP contribution >= 0.6 is 11.8 Å². The van der Waals surface area contributed by atoms with E-state index in [-0.39, 0.29) is 11.9 Å². The normalized spacial score (nSPS) is 22.1. The minimum atomic E-state index is -3.18. The summed E-state index contributed by atoms with van der Waals surface area (Å²) in [6.45, 7) is 1.23. The highest BCUT2D eigenvalue weighted by molar-refractivity contribution is 7.99. The van der Waals surface area contributed by atoms with Crippen LogP contribution in [0.25, 0.3) is 0 Å². The molecule has 0 aliphatic carbocycles. The van der Waals surface area contributed by atoms with E-state index in [1.807, 2.05) is 6.26 Å². The van der Waals surface area contributed by atoms with E-state index in [1.54, 1.807) is 4.90 Å². The number of hydrogen-bond acceptors (Lipinski definition) is 4. The molecule has 0 spiro atoms. The van der Waals surface area contributed by atoms with Gasteiger partial charge in [-0.05, 0) is 19.1 Å². The highest BCUT2D eigenvalue weighted by Gasteiger charge is 2.24. The minimum absolute atomic E-state index is 0.0903. The molecule has 0 aromatic carbocycles. The molecular formula is C9H18N2O3S2. The predicted molar refractivity (Wildman–Crippen MR) is 66.0 cm³/mol. The molecule has 1 heterocycles. The van der Waals surface area contributed by atoms with Crippen molar-refractivity contribution in [3.63, 3.8) is 0 Å². The van der Waals surface area contributed by atoms with Crippen LogP contribution in [-0.4, -0.2) is 56.6 Å². The molecule has 1 amide bonds. The van der Waals surface area contributed by atoms with Gasteiger partial charge in [-0.25, -0.2) is 13.1 Å². The van der Waals surface area contributed by atoms with Gasteiger partial charge < -0.3 is 4.90 Å². The number of carbonyl (C=O) groups is 1. The number of nitrogens with zero attached hydrogens (tertiary/aromatic N) is 1. The summed E-state index contributed by atoms with van der Waals surface area (Å²) in [5, 5.41) is 0. The van der Waals surface area contributed by atoms with Gasteiger partial charge in [-0.1, -0.05) is 0 Å². The van der Waals surface area contributed by atoms with Gasteiger partial charge in [-0.3, -0.25) is 4.79 Å². The Hall–Kier alpha value is -0.270. The van der Waals surface area contributed by atoms with Crippen molar-refractivity contribution in [1.82, 2.24) is 9.62 Å². The number of rotatable bonds is 4. The fourth-order valence-electron chi connectivity index (χ4n) is 1.82. The molecule has 0 bridgehead atoms. The average molecular weight is 266 g/mol. The van der Waals surface area contributed by atoms with Gasteiger partial charge in [0.15, 0.2) is 0 Å². The van der Waals surface area contributed by atoms with Gasteiger partial charge in [0.1, 0.15) is 0 Å². The van der Waals surface area contributed by atoms with Crippen molar-refractivity contribution in [3.05, 3.63) is 0 Å². The quantitative estimate of drug-likeness (QED) is 0.771. The van der Waals surface area contributed by atoms with Gasteiger partial charge in [0, 0.05) is 19.1 Å². The fourth-order valence-corrected chi connectivity index (χ4v) is 3.04. The lowest BCUT2D eigenvalue weighted by Gasteiger charge is -2.32. The topological polar surface area (TPSA) is 66.5 Å². The highest BCUT2D eigenvalue weighted by atomic mass is 32.2. The number of likely N-dealkylation sites (tertiary alicyclic amines) is 1. The molecule has 1 rings (SSSR count). The number of carbonyl (C=O) groups excluding carboxylic acids is 1. The maximum absolute atomic E-state index is 11.6. The zero-order chi connectivity index (χ0) is 12.2. The Morgan fingerprint density at radius 2 is 2.25 bits per heavy atom. The lowest BCUT2D eigenvalue weighted by Crippen LogP contribution is -2.49. The Morgan fingerprint density at radius 3 is 2.81 bits per heavy atom. The van der Waals surface area contributed by atoms with Crippen molar-refractivity contribution >= 4 is 27.7 Å². The summed E-state index contributed by atoms with van der Waals surface area (Å²) in [5.74, 6) is 0.554. The molecule has 16 heavy (non-hydrogen) atoms. The molecule has 0 saturated carbocycles. The standard InChI is InChI=1S/C9H18N2O3S2/c1-15-7-9(12)11-5-3-4-8(6-11)10-16(2,13)14/h8,10H,3-7H2,1-2H3/t8-/m1/s1. The summed E-state index contributed by atoms with van der Waals surface area (Å²) in [7, 11) is -3.18. The van der Waals surface area contributed by atoms with Crippen LogP contribution in [0.4, 0.5) is 0 Å². The Kier molecular flexibility index (Phi) is 5.07. The van der Waals surface area contributed by atoms with Crippen LogP contribution in [0.2, 0.25) is 0 Å². The Morgan fingerprint density at radius 1 is 1.56 bits per heavy atom. The molecule has 94 valence electrons. The summed E-state index contributed by atoms with van der Waals surface area (Å²) in [5.41, 5.74) is 0. The SMILES string of the molecule is CSCC(=O)N1CCC[C@@H](NS(C)(=O)=O)C1. The molecule has 0 radical (unpaired) electrons. The Bertz CT molecular complexity index is 343. The third kappa shape index (κ3) is 4.71. The Balaban J connectivity index is 2.50. The van der Waals surface area contributed by atoms with Gasteiger partial charge in [0.2, 0.25) is 15.9 Å². The van der Waals surface area contributed by atoms with E-state index >= 15 is 0 Å². The fraction of sp³-hybridized carbons (Fsp3) is 0.889. The monoisotopic (exact) mass is 266 g/mol. The number of piperidine rings is 1. The maximum Gasteiger partial charge on any atom is 0.232 e. The van der Waals surface area contributed by atoms with E-state index in [4.69, 9.17) is 0 Å². The van der Waals surface area contributed by atoms with Gasteiger partial charge in [-0.2, -0.15) is 11.8 Å². The summed E-state index contributed by atoms with van der Waals surface area (Å²) in [6, 6.07) is -0.130. The molecule has 7 heteroatoms. The van der Waals surface area contributed by atoms with Gasteiger partial charge in [0.05, 0.1) is 12.0 Å². The van der Waals surface area contributed by atoms with Crippen molar-refractivity contribution in [3.8, 4) is 0 Å². The van der Waals surface area contributed by atoms with Gasteiger partial charge in [0.25, 0.3) is 0 Å². The molecule has 1 aliphatic heterocycles. The first-order valence-corrected chi connectivity index (χ1v) is 8.45. The summed E-state index contributed by atoms with van der Waals surface area (Å²) in [4.78, 5) is 13.4. The maximum atomic E-state index is 11.6. The summed E-state index contributed by atoms with van der Waals surface area (Å²) in [6.07, 6.45) is 4.69. The van der Waals surface area contributed by atoms with Crippen molar-refractivity contribution in [2.75, 3.05) is 31.4 Å². The second-order valence-corrected chi connectivity index (χ2v) is 6.65. The smallest absolute Gasteiger partial charge is 0.232 e. The second-order valence-electron chi connectivity index (χ2n) is 4.00. The largest absolute Gasteiger partial charge is 0.340 e. The zero-order valence-corrected chi connectivity index (χ0v) is 11.2. The van der Waals surface area contributed by atoms with E-state index < -0.39 is 10.0 Å². The van der Waals surface area contributed by atoms with E-state index in [1.165, 1.54) is 11.8 Å². The molecule has 1 saturated heterocycles. The zero-order valence-electron chi connectivity index (χ0n) is 9.60. The van der Waals surface area contributed by atoms with E-state index in [0.29, 0.717) is 12.3 Å². The lowest BCUT2D eigenvalue weighted by molar-refractivity contribution is -0.129. The number of thioether (sulfide) groups is 1. The molecule has 1 atom stereocenters. The third-order valence-corrected chi connectivity index (χ3v) is 3.72. The number of sulfonamides is 1. The van der Waals surface area contributed by atoms with Crippen molar-refractivity contribution in [2.45, 2.75) is 18.9 Å². The molecule has 1 aliphatic rings. The predicted octanol–water partition coefficient (Wildman–Crippen LogP) is -0.110. The van der Waals surface area contributed by atoms with Crippen LogP contribution < -0.4 is 4.72 Å². The molecule has 5 nitrogen and oxygen atoms in total. The van der Waals surface area contributed by atoms with Crippen LogP contribution in [0.1, 0.15) is 12.8 Å².